The number of aromatic nitrogens is 1. The molecule has 0 spiro atoms. The van der Waals surface area contributed by atoms with Crippen LogP contribution in [0.5, 0.6) is 0 Å². The van der Waals surface area contributed by atoms with Gasteiger partial charge in [-0.15, -0.1) is 0 Å². The highest BCUT2D eigenvalue weighted by molar-refractivity contribution is 5.79. The van der Waals surface area contributed by atoms with Crippen LogP contribution < -0.4 is 5.43 Å². The van der Waals surface area contributed by atoms with E-state index in [2.05, 4.69) is 4.98 Å². The van der Waals surface area contributed by atoms with E-state index in [0.29, 0.717) is 6.07 Å². The fraction of sp³-hybridized carbons (Fsp3) is 0. The molecule has 1 aromatic carbocycles. The maximum Gasteiger partial charge on any atom is 0.192 e. The summed E-state index contributed by atoms with van der Waals surface area (Å²) in [6.45, 7) is 0. The van der Waals surface area contributed by atoms with Crippen LogP contribution in [0.4, 0.5) is 13.2 Å². The van der Waals surface area contributed by atoms with Gasteiger partial charge in [0.15, 0.2) is 17.1 Å². The predicted octanol–water partition coefficient (Wildman–Crippen LogP) is 1.95. The molecule has 2 nitrogen and oxygen atoms in total. The minimum Gasteiger partial charge on any atom is -0.358 e. The Kier molecular flexibility index (Phi) is 1.80. The summed E-state index contributed by atoms with van der Waals surface area (Å²) in [5, 5.41) is -0.466. The number of halogens is 3. The normalized spacial score (nSPS) is 10.8. The van der Waals surface area contributed by atoms with Gasteiger partial charge in [0.2, 0.25) is 0 Å². The minimum atomic E-state index is -1.32. The van der Waals surface area contributed by atoms with E-state index in [1.807, 2.05) is 0 Å². The third-order valence-corrected chi connectivity index (χ3v) is 1.88. The Morgan fingerprint density at radius 1 is 1.14 bits per heavy atom. The Bertz CT molecular complexity index is 562. The lowest BCUT2D eigenvalue weighted by atomic mass is 10.2. The first-order valence-corrected chi connectivity index (χ1v) is 3.76. The quantitative estimate of drug-likeness (QED) is 0.646. The Balaban J connectivity index is 3.10. The zero-order valence-corrected chi connectivity index (χ0v) is 6.77. The molecule has 0 bridgehead atoms. The van der Waals surface area contributed by atoms with Gasteiger partial charge in [0, 0.05) is 18.3 Å². The second-order valence-electron chi connectivity index (χ2n) is 2.75. The minimum absolute atomic E-state index is 0.354. The van der Waals surface area contributed by atoms with Crippen LogP contribution in [0.2, 0.25) is 0 Å². The van der Waals surface area contributed by atoms with Gasteiger partial charge in [-0.05, 0) is 0 Å². The van der Waals surface area contributed by atoms with Crippen molar-refractivity contribution >= 4 is 10.9 Å². The number of H-pyrrole nitrogens is 1. The van der Waals surface area contributed by atoms with Crippen molar-refractivity contribution in [3.05, 3.63) is 46.0 Å². The average molecular weight is 199 g/mol. The van der Waals surface area contributed by atoms with E-state index in [9.17, 15) is 18.0 Å². The molecule has 1 heterocycles. The molecule has 0 radical (unpaired) electrons. The molecule has 0 saturated carbocycles. The van der Waals surface area contributed by atoms with Gasteiger partial charge in [0.05, 0.1) is 10.9 Å². The number of hydrogen-bond donors (Lipinski definition) is 1. The molecule has 0 aliphatic rings. The van der Waals surface area contributed by atoms with Crippen molar-refractivity contribution < 1.29 is 13.2 Å². The van der Waals surface area contributed by atoms with E-state index in [1.54, 1.807) is 0 Å². The first kappa shape index (κ1) is 8.80. The Labute approximate surface area is 76.0 Å². The van der Waals surface area contributed by atoms with Crippen molar-refractivity contribution in [3.63, 3.8) is 0 Å². The molecule has 2 aromatic rings. The molecule has 1 N–H and O–H groups in total. The van der Waals surface area contributed by atoms with Gasteiger partial charge in [0.25, 0.3) is 0 Å². The third kappa shape index (κ3) is 1.09. The first-order chi connectivity index (χ1) is 6.61. The fourth-order valence-corrected chi connectivity index (χ4v) is 1.26. The van der Waals surface area contributed by atoms with Crippen molar-refractivity contribution in [2.45, 2.75) is 0 Å². The van der Waals surface area contributed by atoms with Gasteiger partial charge in [-0.25, -0.2) is 13.2 Å². The summed E-state index contributed by atoms with van der Waals surface area (Å²) in [4.78, 5) is 13.4. The molecular formula is C9H4F3NO. The molecule has 0 aliphatic carbocycles. The summed E-state index contributed by atoms with van der Waals surface area (Å²) in [6.07, 6.45) is 1.13. The molecule has 0 aliphatic heterocycles. The first-order valence-electron chi connectivity index (χ1n) is 3.76. The average Bonchev–Trinajstić information content (AvgIpc) is 2.14. The highest BCUT2D eigenvalue weighted by Crippen LogP contribution is 2.18. The third-order valence-electron chi connectivity index (χ3n) is 1.88. The summed E-state index contributed by atoms with van der Waals surface area (Å²) < 4.78 is 38.8. The van der Waals surface area contributed by atoms with Crippen LogP contribution in [-0.4, -0.2) is 4.98 Å². The summed E-state index contributed by atoms with van der Waals surface area (Å²) in [7, 11) is 0. The topological polar surface area (TPSA) is 32.9 Å². The highest BCUT2D eigenvalue weighted by Gasteiger charge is 2.14. The zero-order valence-electron chi connectivity index (χ0n) is 6.77. The van der Waals surface area contributed by atoms with Crippen molar-refractivity contribution in [1.82, 2.24) is 4.98 Å². The summed E-state index contributed by atoms with van der Waals surface area (Å²) in [6, 6.07) is 1.40. The van der Waals surface area contributed by atoms with Crippen LogP contribution in [0.15, 0.2) is 23.1 Å². The van der Waals surface area contributed by atoms with E-state index in [-0.39, 0.29) is 0 Å². The molecule has 0 atom stereocenters. The second kappa shape index (κ2) is 2.87. The van der Waals surface area contributed by atoms with Gasteiger partial charge in [0.1, 0.15) is 5.82 Å². The molecule has 2 rings (SSSR count). The van der Waals surface area contributed by atoms with Crippen LogP contribution >= 0.6 is 0 Å². The van der Waals surface area contributed by atoms with Crippen LogP contribution in [0, 0.1) is 17.5 Å². The van der Waals surface area contributed by atoms with Gasteiger partial charge < -0.3 is 4.98 Å². The zero-order chi connectivity index (χ0) is 10.3. The Morgan fingerprint density at radius 3 is 2.57 bits per heavy atom. The van der Waals surface area contributed by atoms with E-state index in [0.717, 1.165) is 12.3 Å². The van der Waals surface area contributed by atoms with Crippen molar-refractivity contribution in [3.8, 4) is 0 Å². The lowest BCUT2D eigenvalue weighted by Crippen LogP contribution is -2.05. The number of aromatic amines is 1. The maximum absolute atomic E-state index is 13.1. The summed E-state index contributed by atoms with van der Waals surface area (Å²) in [5.41, 5.74) is -1.13. The van der Waals surface area contributed by atoms with Gasteiger partial charge in [-0.3, -0.25) is 4.79 Å². The molecule has 0 saturated heterocycles. The number of benzene rings is 1. The number of pyridine rings is 1. The van der Waals surface area contributed by atoms with Crippen molar-refractivity contribution in [2.75, 3.05) is 0 Å². The van der Waals surface area contributed by atoms with E-state index >= 15 is 0 Å². The number of fused-ring (bicyclic) bond motifs is 1. The fourth-order valence-electron chi connectivity index (χ4n) is 1.26. The molecule has 5 heteroatoms. The van der Waals surface area contributed by atoms with E-state index in [1.165, 1.54) is 0 Å². The molecular weight excluding hydrogens is 195 g/mol. The number of hydrogen-bond acceptors (Lipinski definition) is 1. The van der Waals surface area contributed by atoms with Gasteiger partial charge >= 0.3 is 0 Å². The van der Waals surface area contributed by atoms with Gasteiger partial charge in [-0.1, -0.05) is 0 Å². The molecule has 72 valence electrons. The Hall–Kier alpha value is -1.78. The largest absolute Gasteiger partial charge is 0.358 e. The molecule has 1 aromatic heterocycles. The van der Waals surface area contributed by atoms with Crippen molar-refractivity contribution in [2.24, 2.45) is 0 Å². The molecule has 0 unspecified atom stereocenters. The SMILES string of the molecule is O=c1cc[nH]c2c(F)c(F)cc(F)c12. The lowest BCUT2D eigenvalue weighted by Gasteiger charge is -2.00. The molecule has 14 heavy (non-hydrogen) atoms. The van der Waals surface area contributed by atoms with Crippen LogP contribution in [0.3, 0.4) is 0 Å². The maximum atomic E-state index is 13.1. The smallest absolute Gasteiger partial charge is 0.192 e. The van der Waals surface area contributed by atoms with Crippen LogP contribution in [0.1, 0.15) is 0 Å². The summed E-state index contributed by atoms with van der Waals surface area (Å²) >= 11 is 0. The van der Waals surface area contributed by atoms with E-state index in [4.69, 9.17) is 0 Å². The molecule has 0 amide bonds. The van der Waals surface area contributed by atoms with Crippen LogP contribution in [-0.2, 0) is 0 Å². The van der Waals surface area contributed by atoms with Gasteiger partial charge in [-0.2, -0.15) is 0 Å². The number of nitrogens with one attached hydrogen (secondary N) is 1. The lowest BCUT2D eigenvalue weighted by molar-refractivity contribution is 0.504. The second-order valence-corrected chi connectivity index (χ2v) is 2.75. The Morgan fingerprint density at radius 2 is 1.86 bits per heavy atom. The summed E-state index contributed by atoms with van der Waals surface area (Å²) in [5.74, 6) is -3.64. The highest BCUT2D eigenvalue weighted by atomic mass is 19.2. The van der Waals surface area contributed by atoms with Crippen molar-refractivity contribution in [1.29, 1.82) is 0 Å². The predicted molar refractivity (Wildman–Crippen MR) is 44.4 cm³/mol. The standard InChI is InChI=1S/C9H4F3NO/c10-4-3-5(11)8(12)9-7(4)6(14)1-2-13-9/h1-3H,(H,13,14). The van der Waals surface area contributed by atoms with E-state index < -0.39 is 33.8 Å². The van der Waals surface area contributed by atoms with Crippen LogP contribution in [0.25, 0.3) is 10.9 Å². The molecule has 0 fully saturated rings. The monoisotopic (exact) mass is 199 g/mol. The number of rotatable bonds is 0.